The van der Waals surface area contributed by atoms with Gasteiger partial charge in [-0.2, -0.15) is 0 Å². The first kappa shape index (κ1) is 13.1. The van der Waals surface area contributed by atoms with Gasteiger partial charge in [0.2, 0.25) is 5.91 Å². The van der Waals surface area contributed by atoms with Crippen molar-refractivity contribution in [3.8, 4) is 0 Å². The standard InChI is InChI=1S/C14H21N3O/c1-11-2-4-12(5-3-11)13(10-15)17-8-6-14(18)16-7-9-17/h2-5,13H,6-10,15H2,1H3,(H,16,18). The summed E-state index contributed by atoms with van der Waals surface area (Å²) >= 11 is 0. The zero-order chi connectivity index (χ0) is 13.0. The fourth-order valence-electron chi connectivity index (χ4n) is 2.38. The summed E-state index contributed by atoms with van der Waals surface area (Å²) in [6, 6.07) is 8.69. The minimum Gasteiger partial charge on any atom is -0.355 e. The summed E-state index contributed by atoms with van der Waals surface area (Å²) in [5.74, 6) is 0.136. The number of amides is 1. The molecule has 1 aliphatic heterocycles. The molecule has 1 saturated heterocycles. The van der Waals surface area contributed by atoms with E-state index in [-0.39, 0.29) is 11.9 Å². The van der Waals surface area contributed by atoms with Crippen molar-refractivity contribution in [1.29, 1.82) is 0 Å². The maximum atomic E-state index is 11.4. The Morgan fingerprint density at radius 1 is 1.33 bits per heavy atom. The maximum Gasteiger partial charge on any atom is 0.221 e. The number of benzene rings is 1. The summed E-state index contributed by atoms with van der Waals surface area (Å²) in [5.41, 5.74) is 8.40. The molecular weight excluding hydrogens is 226 g/mol. The molecule has 98 valence electrons. The number of carbonyl (C=O) groups is 1. The van der Waals surface area contributed by atoms with E-state index in [0.29, 0.717) is 19.5 Å². The van der Waals surface area contributed by atoms with E-state index in [1.165, 1.54) is 11.1 Å². The van der Waals surface area contributed by atoms with Crippen LogP contribution in [0.25, 0.3) is 0 Å². The Kier molecular flexibility index (Phi) is 4.33. The van der Waals surface area contributed by atoms with Gasteiger partial charge >= 0.3 is 0 Å². The van der Waals surface area contributed by atoms with Crippen LogP contribution in [0, 0.1) is 6.92 Å². The highest BCUT2D eigenvalue weighted by molar-refractivity contribution is 5.76. The van der Waals surface area contributed by atoms with Gasteiger partial charge in [0.05, 0.1) is 0 Å². The maximum absolute atomic E-state index is 11.4. The van der Waals surface area contributed by atoms with Gasteiger partial charge in [-0.05, 0) is 12.5 Å². The van der Waals surface area contributed by atoms with Crippen molar-refractivity contribution < 1.29 is 4.79 Å². The van der Waals surface area contributed by atoms with Gasteiger partial charge in [-0.3, -0.25) is 9.69 Å². The molecule has 4 nitrogen and oxygen atoms in total. The number of hydrogen-bond acceptors (Lipinski definition) is 3. The molecule has 18 heavy (non-hydrogen) atoms. The Morgan fingerprint density at radius 2 is 2.06 bits per heavy atom. The van der Waals surface area contributed by atoms with E-state index in [9.17, 15) is 4.79 Å². The Morgan fingerprint density at radius 3 is 2.72 bits per heavy atom. The fourth-order valence-corrected chi connectivity index (χ4v) is 2.38. The average molecular weight is 247 g/mol. The molecule has 1 heterocycles. The second-order valence-corrected chi connectivity index (χ2v) is 4.80. The lowest BCUT2D eigenvalue weighted by Gasteiger charge is -2.29. The molecule has 0 radical (unpaired) electrons. The van der Waals surface area contributed by atoms with Crippen molar-refractivity contribution in [2.45, 2.75) is 19.4 Å². The zero-order valence-electron chi connectivity index (χ0n) is 10.9. The molecular formula is C14H21N3O. The summed E-state index contributed by atoms with van der Waals surface area (Å²) < 4.78 is 0. The first-order chi connectivity index (χ1) is 8.70. The highest BCUT2D eigenvalue weighted by atomic mass is 16.1. The normalized spacial score (nSPS) is 19.1. The van der Waals surface area contributed by atoms with E-state index in [2.05, 4.69) is 41.4 Å². The van der Waals surface area contributed by atoms with Crippen molar-refractivity contribution in [3.63, 3.8) is 0 Å². The highest BCUT2D eigenvalue weighted by Crippen LogP contribution is 2.20. The van der Waals surface area contributed by atoms with Crippen LogP contribution in [-0.2, 0) is 4.79 Å². The molecule has 3 N–H and O–H groups in total. The summed E-state index contributed by atoms with van der Waals surface area (Å²) in [4.78, 5) is 13.6. The van der Waals surface area contributed by atoms with Crippen LogP contribution in [0.3, 0.4) is 0 Å². The molecule has 4 heteroatoms. The van der Waals surface area contributed by atoms with Crippen LogP contribution in [0.2, 0.25) is 0 Å². The fraction of sp³-hybridized carbons (Fsp3) is 0.500. The molecule has 1 amide bonds. The lowest BCUT2D eigenvalue weighted by atomic mass is 10.0. The summed E-state index contributed by atoms with van der Waals surface area (Å²) in [5, 5.41) is 2.89. The van der Waals surface area contributed by atoms with Crippen molar-refractivity contribution in [3.05, 3.63) is 35.4 Å². The topological polar surface area (TPSA) is 58.4 Å². The molecule has 1 unspecified atom stereocenters. The molecule has 1 aromatic carbocycles. The van der Waals surface area contributed by atoms with Crippen LogP contribution >= 0.6 is 0 Å². The van der Waals surface area contributed by atoms with Crippen molar-refractivity contribution >= 4 is 5.91 Å². The van der Waals surface area contributed by atoms with Gasteiger partial charge in [0.1, 0.15) is 0 Å². The van der Waals surface area contributed by atoms with Crippen LogP contribution in [0.15, 0.2) is 24.3 Å². The molecule has 0 aromatic heterocycles. The van der Waals surface area contributed by atoms with Gasteiger partial charge in [-0.15, -0.1) is 0 Å². The van der Waals surface area contributed by atoms with Gasteiger partial charge in [0, 0.05) is 38.6 Å². The van der Waals surface area contributed by atoms with Gasteiger partial charge in [0.25, 0.3) is 0 Å². The van der Waals surface area contributed by atoms with E-state index in [4.69, 9.17) is 5.73 Å². The monoisotopic (exact) mass is 247 g/mol. The third-order valence-corrected chi connectivity index (χ3v) is 3.47. The molecule has 0 saturated carbocycles. The van der Waals surface area contributed by atoms with E-state index < -0.39 is 0 Å². The first-order valence-corrected chi connectivity index (χ1v) is 6.48. The molecule has 1 atom stereocenters. The Balaban J connectivity index is 2.12. The van der Waals surface area contributed by atoms with E-state index in [1.807, 2.05) is 0 Å². The SMILES string of the molecule is Cc1ccc(C(CN)N2CCNC(=O)CC2)cc1. The van der Waals surface area contributed by atoms with Crippen molar-refractivity contribution in [2.24, 2.45) is 5.73 Å². The molecule has 0 spiro atoms. The Labute approximate surface area is 108 Å². The van der Waals surface area contributed by atoms with Crippen LogP contribution < -0.4 is 11.1 Å². The largest absolute Gasteiger partial charge is 0.355 e. The number of nitrogens with zero attached hydrogens (tertiary/aromatic N) is 1. The van der Waals surface area contributed by atoms with Crippen molar-refractivity contribution in [1.82, 2.24) is 10.2 Å². The number of aryl methyl sites for hydroxylation is 1. The number of carbonyl (C=O) groups excluding carboxylic acids is 1. The summed E-state index contributed by atoms with van der Waals surface area (Å²) in [6.45, 7) is 5.01. The van der Waals surface area contributed by atoms with Gasteiger partial charge < -0.3 is 11.1 Å². The Bertz CT molecular complexity index is 402. The van der Waals surface area contributed by atoms with Crippen LogP contribution in [0.5, 0.6) is 0 Å². The first-order valence-electron chi connectivity index (χ1n) is 6.48. The highest BCUT2D eigenvalue weighted by Gasteiger charge is 2.21. The predicted molar refractivity (Wildman–Crippen MR) is 72.2 cm³/mol. The molecule has 0 aliphatic carbocycles. The molecule has 1 aliphatic rings. The summed E-state index contributed by atoms with van der Waals surface area (Å²) in [6.07, 6.45) is 0.558. The number of hydrogen-bond donors (Lipinski definition) is 2. The smallest absolute Gasteiger partial charge is 0.221 e. The molecule has 0 bridgehead atoms. The number of rotatable bonds is 3. The predicted octanol–water partition coefficient (Wildman–Crippen LogP) is 0.817. The lowest BCUT2D eigenvalue weighted by molar-refractivity contribution is -0.120. The average Bonchev–Trinajstić information content (AvgIpc) is 2.58. The van der Waals surface area contributed by atoms with Crippen LogP contribution in [0.1, 0.15) is 23.6 Å². The third-order valence-electron chi connectivity index (χ3n) is 3.47. The minimum atomic E-state index is 0.136. The second-order valence-electron chi connectivity index (χ2n) is 4.80. The molecule has 1 fully saturated rings. The van der Waals surface area contributed by atoms with Crippen LogP contribution in [0.4, 0.5) is 0 Å². The zero-order valence-corrected chi connectivity index (χ0v) is 10.9. The van der Waals surface area contributed by atoms with Gasteiger partial charge in [-0.1, -0.05) is 29.8 Å². The van der Waals surface area contributed by atoms with Crippen LogP contribution in [-0.4, -0.2) is 37.0 Å². The number of nitrogens with two attached hydrogens (primary N) is 1. The van der Waals surface area contributed by atoms with E-state index in [0.717, 1.165) is 13.1 Å². The number of nitrogens with one attached hydrogen (secondary N) is 1. The molecule has 2 rings (SSSR count). The third kappa shape index (κ3) is 3.09. The second kappa shape index (κ2) is 5.98. The molecule has 1 aromatic rings. The van der Waals surface area contributed by atoms with E-state index in [1.54, 1.807) is 0 Å². The Hall–Kier alpha value is -1.39. The van der Waals surface area contributed by atoms with Gasteiger partial charge in [0.15, 0.2) is 0 Å². The van der Waals surface area contributed by atoms with E-state index >= 15 is 0 Å². The minimum absolute atomic E-state index is 0.136. The summed E-state index contributed by atoms with van der Waals surface area (Å²) in [7, 11) is 0. The quantitative estimate of drug-likeness (QED) is 0.831. The van der Waals surface area contributed by atoms with Crippen molar-refractivity contribution in [2.75, 3.05) is 26.2 Å². The lowest BCUT2D eigenvalue weighted by Crippen LogP contribution is -2.36. The van der Waals surface area contributed by atoms with Gasteiger partial charge in [-0.25, -0.2) is 0 Å².